The van der Waals surface area contributed by atoms with Crippen molar-refractivity contribution in [2.75, 3.05) is 19.7 Å². The first-order valence-corrected chi connectivity index (χ1v) is 23.7. The highest BCUT2D eigenvalue weighted by molar-refractivity contribution is 6.76. The summed E-state index contributed by atoms with van der Waals surface area (Å²) in [4.78, 5) is 35.2. The highest BCUT2D eigenvalue weighted by Gasteiger charge is 2.24. The maximum absolute atomic E-state index is 13.5. The molecule has 1 aromatic heterocycles. The van der Waals surface area contributed by atoms with E-state index in [0.29, 0.717) is 62.7 Å². The van der Waals surface area contributed by atoms with Crippen LogP contribution in [0.5, 0.6) is 17.8 Å². The summed E-state index contributed by atoms with van der Waals surface area (Å²) in [7, 11) is -1.41. The fourth-order valence-electron chi connectivity index (χ4n) is 5.79. The summed E-state index contributed by atoms with van der Waals surface area (Å²) in [5.41, 5.74) is 4.49. The molecule has 0 aliphatic carbocycles. The lowest BCUT2D eigenvalue weighted by Crippen LogP contribution is -2.40. The molecule has 11 nitrogen and oxygen atoms in total. The molecular weight excluding hydrogens is 749 g/mol. The number of alkyl carbamates (subject to hydrolysis) is 1. The van der Waals surface area contributed by atoms with E-state index < -0.39 is 20.2 Å². The van der Waals surface area contributed by atoms with Gasteiger partial charge < -0.3 is 34.3 Å². The molecule has 4 aromatic carbocycles. The lowest BCUT2D eigenvalue weighted by molar-refractivity contribution is -0.145. The Hall–Kier alpha value is -5.72. The molecule has 2 N–H and O–H groups in total. The van der Waals surface area contributed by atoms with Crippen LogP contribution in [0, 0.1) is 0 Å². The van der Waals surface area contributed by atoms with Gasteiger partial charge in [0.25, 0.3) is 0 Å². The minimum atomic E-state index is -1.41. The van der Waals surface area contributed by atoms with E-state index >= 15 is 0 Å². The Labute approximate surface area is 343 Å². The van der Waals surface area contributed by atoms with Gasteiger partial charge in [0.2, 0.25) is 11.8 Å². The first kappa shape index (κ1) is 43.4. The van der Waals surface area contributed by atoms with Gasteiger partial charge in [-0.25, -0.2) is 4.79 Å². The van der Waals surface area contributed by atoms with Gasteiger partial charge in [-0.05, 0) is 54.0 Å². The molecule has 0 saturated heterocycles. The predicted octanol–water partition coefficient (Wildman–Crippen LogP) is 8.69. The van der Waals surface area contributed by atoms with Crippen LogP contribution in [0.4, 0.5) is 4.79 Å². The van der Waals surface area contributed by atoms with Gasteiger partial charge in [-0.15, -0.1) is 0 Å². The van der Waals surface area contributed by atoms with Gasteiger partial charge in [0.15, 0.2) is 0 Å². The van der Waals surface area contributed by atoms with Crippen molar-refractivity contribution in [3.63, 3.8) is 0 Å². The zero-order valence-corrected chi connectivity index (χ0v) is 34.9. The normalized spacial score (nSPS) is 11.6. The van der Waals surface area contributed by atoms with E-state index in [9.17, 15) is 9.59 Å². The largest absolute Gasteiger partial charge is 0.472 e. The van der Waals surface area contributed by atoms with Crippen molar-refractivity contribution < 1.29 is 33.3 Å². The molecular formula is C46H56N4O7Si. The average molecular weight is 805 g/mol. The van der Waals surface area contributed by atoms with Crippen LogP contribution in [0.25, 0.3) is 0 Å². The molecule has 306 valence electrons. The molecule has 0 fully saturated rings. The standard InChI is InChI=1S/C46H56N4O7Si/c1-58(2,3)31-30-53-44(51)41(26-16-17-28-48-46(52)57-35-39-24-14-7-15-25-39)47-29-27-40-42(54-32-36-18-8-4-9-19-36)49-45(56-34-38-22-12-6-13-23-38)50-43(40)55-33-37-20-10-5-11-21-37/h4-15,18-25,41,47H,16-17,26-35H2,1-3H3,(H,48,52). The molecule has 0 aliphatic rings. The lowest BCUT2D eigenvalue weighted by Gasteiger charge is -2.21. The number of aromatic nitrogens is 2. The number of nitrogens with one attached hydrogen (secondary N) is 2. The Balaban J connectivity index is 1.28. The van der Waals surface area contributed by atoms with E-state index in [1.807, 2.05) is 121 Å². The number of hydrogen-bond acceptors (Lipinski definition) is 10. The Morgan fingerprint density at radius 1 is 0.603 bits per heavy atom. The van der Waals surface area contributed by atoms with Crippen LogP contribution in [0.3, 0.4) is 0 Å². The molecule has 1 amide bonds. The van der Waals surface area contributed by atoms with Crippen LogP contribution in [0.15, 0.2) is 121 Å². The number of nitrogens with zero attached hydrogens (tertiary/aromatic N) is 2. The SMILES string of the molecule is C[Si](C)(C)CCOC(=O)C(CCCCNC(=O)OCc1ccccc1)NCCc1c(OCc2ccccc2)nc(OCc2ccccc2)nc1OCc1ccccc1. The minimum Gasteiger partial charge on any atom is -0.472 e. The lowest BCUT2D eigenvalue weighted by atomic mass is 10.1. The minimum absolute atomic E-state index is 0.132. The maximum Gasteiger partial charge on any atom is 0.407 e. The third kappa shape index (κ3) is 16.0. The van der Waals surface area contributed by atoms with Crippen molar-refractivity contribution in [2.24, 2.45) is 0 Å². The zero-order chi connectivity index (χ0) is 40.8. The predicted molar refractivity (Wildman–Crippen MR) is 227 cm³/mol. The number of benzene rings is 4. The van der Waals surface area contributed by atoms with Crippen LogP contribution in [0.1, 0.15) is 47.1 Å². The molecule has 0 aliphatic heterocycles. The highest BCUT2D eigenvalue weighted by atomic mass is 28.3. The summed E-state index contributed by atoms with van der Waals surface area (Å²) < 4.78 is 30.0. The van der Waals surface area contributed by atoms with Crippen molar-refractivity contribution >= 4 is 20.1 Å². The topological polar surface area (TPSA) is 130 Å². The molecule has 12 heteroatoms. The van der Waals surface area contributed by atoms with Gasteiger partial charge in [-0.1, -0.05) is 141 Å². The molecule has 1 heterocycles. The molecule has 0 bridgehead atoms. The van der Waals surface area contributed by atoms with E-state index in [0.717, 1.165) is 28.3 Å². The van der Waals surface area contributed by atoms with Gasteiger partial charge in [0, 0.05) is 21.2 Å². The van der Waals surface area contributed by atoms with E-state index in [2.05, 4.69) is 30.3 Å². The van der Waals surface area contributed by atoms with Gasteiger partial charge >= 0.3 is 18.1 Å². The smallest absolute Gasteiger partial charge is 0.407 e. The summed E-state index contributed by atoms with van der Waals surface area (Å²) >= 11 is 0. The quantitative estimate of drug-likeness (QED) is 0.0355. The summed E-state index contributed by atoms with van der Waals surface area (Å²) in [6, 6.07) is 39.5. The maximum atomic E-state index is 13.5. The molecule has 0 saturated carbocycles. The summed E-state index contributed by atoms with van der Waals surface area (Å²) in [5, 5.41) is 6.25. The van der Waals surface area contributed by atoms with E-state index in [-0.39, 0.29) is 38.4 Å². The number of rotatable bonds is 24. The number of unbranched alkanes of at least 4 members (excludes halogenated alkanes) is 1. The molecule has 5 rings (SSSR count). The van der Waals surface area contributed by atoms with Crippen LogP contribution >= 0.6 is 0 Å². The number of hydrogen-bond donors (Lipinski definition) is 2. The third-order valence-corrected chi connectivity index (χ3v) is 10.8. The van der Waals surface area contributed by atoms with Gasteiger partial charge in [-0.2, -0.15) is 9.97 Å². The molecule has 1 unspecified atom stereocenters. The summed E-state index contributed by atoms with van der Waals surface area (Å²) in [5.74, 6) is 0.382. The molecule has 5 aromatic rings. The second kappa shape index (κ2) is 23.5. The Kier molecular flexibility index (Phi) is 17.6. The second-order valence-electron chi connectivity index (χ2n) is 15.1. The Morgan fingerprint density at radius 3 is 1.59 bits per heavy atom. The van der Waals surface area contributed by atoms with E-state index in [1.54, 1.807) is 0 Å². The zero-order valence-electron chi connectivity index (χ0n) is 33.9. The fourth-order valence-corrected chi connectivity index (χ4v) is 6.50. The van der Waals surface area contributed by atoms with Crippen molar-refractivity contribution in [3.8, 4) is 17.8 Å². The van der Waals surface area contributed by atoms with Crippen molar-refractivity contribution in [3.05, 3.63) is 149 Å². The summed E-state index contributed by atoms with van der Waals surface area (Å²) in [6.45, 7) is 8.96. The van der Waals surface area contributed by atoms with Gasteiger partial charge in [0.1, 0.15) is 32.5 Å². The van der Waals surface area contributed by atoms with E-state index in [4.69, 9.17) is 33.7 Å². The van der Waals surface area contributed by atoms with Crippen molar-refractivity contribution in [2.45, 2.75) is 83.8 Å². The van der Waals surface area contributed by atoms with Crippen LogP contribution in [0.2, 0.25) is 25.7 Å². The number of carbonyl (C=O) groups excluding carboxylic acids is 2. The molecule has 58 heavy (non-hydrogen) atoms. The second-order valence-corrected chi connectivity index (χ2v) is 20.8. The molecule has 0 radical (unpaired) electrons. The fraction of sp³-hybridized carbons (Fsp3) is 0.348. The monoisotopic (exact) mass is 804 g/mol. The van der Waals surface area contributed by atoms with Crippen molar-refractivity contribution in [1.82, 2.24) is 20.6 Å². The van der Waals surface area contributed by atoms with Crippen LogP contribution < -0.4 is 24.8 Å². The van der Waals surface area contributed by atoms with Crippen LogP contribution in [-0.4, -0.2) is 55.8 Å². The number of ether oxygens (including phenoxy) is 5. The van der Waals surface area contributed by atoms with Gasteiger partial charge in [0.05, 0.1) is 12.2 Å². The molecule has 0 spiro atoms. The van der Waals surface area contributed by atoms with E-state index in [1.165, 1.54) is 0 Å². The van der Waals surface area contributed by atoms with Gasteiger partial charge in [-0.3, -0.25) is 4.79 Å². The highest BCUT2D eigenvalue weighted by Crippen LogP contribution is 2.30. The molecule has 1 atom stereocenters. The number of esters is 1. The number of carbonyl (C=O) groups is 2. The Morgan fingerprint density at radius 2 is 1.09 bits per heavy atom. The number of amides is 1. The first-order valence-electron chi connectivity index (χ1n) is 20.0. The first-order chi connectivity index (χ1) is 28.2. The third-order valence-electron chi connectivity index (χ3n) is 9.11. The summed E-state index contributed by atoms with van der Waals surface area (Å²) in [6.07, 6.45) is 1.77. The Bertz CT molecular complexity index is 1890. The average Bonchev–Trinajstić information content (AvgIpc) is 3.24. The van der Waals surface area contributed by atoms with Crippen molar-refractivity contribution in [1.29, 1.82) is 0 Å². The van der Waals surface area contributed by atoms with Crippen LogP contribution in [-0.2, 0) is 47.1 Å².